The molecule has 1 rings (SSSR count). The van der Waals surface area contributed by atoms with Crippen LogP contribution in [-0.2, 0) is 4.79 Å². The number of carbonyl (C=O) groups is 1. The highest BCUT2D eigenvalue weighted by molar-refractivity contribution is 5.86. The number of hydrogen-bond acceptors (Lipinski definition) is 2. The van der Waals surface area contributed by atoms with Gasteiger partial charge < -0.3 is 4.90 Å². The molecule has 2 nitrogen and oxygen atoms in total. The average molecular weight is 211 g/mol. The maximum Gasteiger partial charge on any atom is 0.142 e. The molecule has 0 N–H and O–H groups in total. The van der Waals surface area contributed by atoms with Crippen LogP contribution in [0.2, 0.25) is 0 Å². The summed E-state index contributed by atoms with van der Waals surface area (Å²) in [6.45, 7) is 10.4. The third kappa shape index (κ3) is 3.30. The first-order valence-corrected chi connectivity index (χ1v) is 6.07. The normalized spacial score (nSPS) is 29.1. The smallest absolute Gasteiger partial charge is 0.142 e. The average Bonchev–Trinajstić information content (AvgIpc) is 2.14. The Morgan fingerprint density at radius 2 is 1.93 bits per heavy atom. The highest BCUT2D eigenvalue weighted by atomic mass is 16.1. The lowest BCUT2D eigenvalue weighted by atomic mass is 9.76. The first kappa shape index (κ1) is 12.7. The topological polar surface area (TPSA) is 20.3 Å². The van der Waals surface area contributed by atoms with Crippen molar-refractivity contribution in [1.29, 1.82) is 0 Å². The van der Waals surface area contributed by atoms with Crippen molar-refractivity contribution in [3.05, 3.63) is 0 Å². The predicted molar refractivity (Wildman–Crippen MR) is 63.8 cm³/mol. The molecule has 15 heavy (non-hydrogen) atoms. The van der Waals surface area contributed by atoms with Crippen LogP contribution in [0.4, 0.5) is 0 Å². The molecule has 0 bridgehead atoms. The van der Waals surface area contributed by atoms with Gasteiger partial charge in [-0.05, 0) is 19.4 Å². The summed E-state index contributed by atoms with van der Waals surface area (Å²) in [6, 6.07) is 0. The number of carbonyl (C=O) groups excluding carboxylic acids is 1. The highest BCUT2D eigenvalue weighted by Gasteiger charge is 2.34. The molecule has 0 aromatic rings. The van der Waals surface area contributed by atoms with Crippen LogP contribution in [0.15, 0.2) is 0 Å². The van der Waals surface area contributed by atoms with E-state index < -0.39 is 0 Å². The van der Waals surface area contributed by atoms with Crippen molar-refractivity contribution in [2.45, 2.75) is 40.5 Å². The third-order valence-electron chi connectivity index (χ3n) is 3.41. The lowest BCUT2D eigenvalue weighted by Crippen LogP contribution is -2.43. The van der Waals surface area contributed by atoms with E-state index in [0.29, 0.717) is 11.7 Å². The van der Waals surface area contributed by atoms with Gasteiger partial charge in [-0.1, -0.05) is 34.1 Å². The van der Waals surface area contributed by atoms with Crippen molar-refractivity contribution < 1.29 is 4.79 Å². The van der Waals surface area contributed by atoms with Crippen LogP contribution in [0.25, 0.3) is 0 Å². The maximum absolute atomic E-state index is 12.2. The SMILES string of the molecule is CCC1CC(C(=O)C(C)(C)C)CN(C)C1. The third-order valence-corrected chi connectivity index (χ3v) is 3.41. The van der Waals surface area contributed by atoms with E-state index in [4.69, 9.17) is 0 Å². The van der Waals surface area contributed by atoms with Gasteiger partial charge in [-0.3, -0.25) is 4.79 Å². The molecule has 2 atom stereocenters. The Labute approximate surface area is 94.0 Å². The summed E-state index contributed by atoms with van der Waals surface area (Å²) < 4.78 is 0. The van der Waals surface area contributed by atoms with Crippen molar-refractivity contribution in [1.82, 2.24) is 4.90 Å². The zero-order chi connectivity index (χ0) is 11.6. The van der Waals surface area contributed by atoms with Crippen LogP contribution in [0, 0.1) is 17.3 Å². The standard InChI is InChI=1S/C13H25NO/c1-6-10-7-11(9-14(5)8-10)12(15)13(2,3)4/h10-11H,6-9H2,1-5H3. The molecule has 0 saturated carbocycles. The number of rotatable bonds is 2. The molecule has 1 saturated heterocycles. The number of Topliss-reactive ketones (excluding diaryl/α,β-unsaturated/α-hetero) is 1. The van der Waals surface area contributed by atoms with Crippen LogP contribution >= 0.6 is 0 Å². The van der Waals surface area contributed by atoms with Gasteiger partial charge in [0.25, 0.3) is 0 Å². The molecule has 1 aliphatic heterocycles. The second-order valence-corrected chi connectivity index (χ2v) is 6.04. The summed E-state index contributed by atoms with van der Waals surface area (Å²) in [4.78, 5) is 14.5. The first-order valence-electron chi connectivity index (χ1n) is 6.07. The minimum Gasteiger partial charge on any atom is -0.305 e. The molecule has 0 spiro atoms. The molecular weight excluding hydrogens is 186 g/mol. The van der Waals surface area contributed by atoms with Crippen molar-refractivity contribution >= 4 is 5.78 Å². The van der Waals surface area contributed by atoms with Crippen LogP contribution in [-0.4, -0.2) is 30.8 Å². The van der Waals surface area contributed by atoms with E-state index >= 15 is 0 Å². The molecule has 1 heterocycles. The van der Waals surface area contributed by atoms with Gasteiger partial charge in [0.15, 0.2) is 0 Å². The Bertz CT molecular complexity index is 229. The number of likely N-dealkylation sites (tertiary alicyclic amines) is 1. The molecule has 0 radical (unpaired) electrons. The molecule has 88 valence electrons. The lowest BCUT2D eigenvalue weighted by molar-refractivity contribution is -0.132. The van der Waals surface area contributed by atoms with E-state index in [0.717, 1.165) is 19.5 Å². The van der Waals surface area contributed by atoms with Gasteiger partial charge in [-0.2, -0.15) is 0 Å². The second-order valence-electron chi connectivity index (χ2n) is 6.04. The predicted octanol–water partition coefficient (Wildman–Crippen LogP) is 2.58. The van der Waals surface area contributed by atoms with Crippen molar-refractivity contribution in [2.75, 3.05) is 20.1 Å². The minimum atomic E-state index is -0.179. The van der Waals surface area contributed by atoms with Gasteiger partial charge in [0, 0.05) is 24.4 Å². The first-order chi connectivity index (χ1) is 6.84. The Hall–Kier alpha value is -0.370. The fraction of sp³-hybridized carbons (Fsp3) is 0.923. The monoisotopic (exact) mass is 211 g/mol. The van der Waals surface area contributed by atoms with E-state index in [1.165, 1.54) is 6.42 Å². The van der Waals surface area contributed by atoms with E-state index in [1.54, 1.807) is 0 Å². The molecule has 0 aromatic heterocycles. The molecule has 0 amide bonds. The minimum absolute atomic E-state index is 0.179. The fourth-order valence-electron chi connectivity index (χ4n) is 2.54. The Kier molecular flexibility index (Phi) is 3.93. The van der Waals surface area contributed by atoms with Crippen LogP contribution < -0.4 is 0 Å². The number of nitrogens with zero attached hydrogens (tertiary/aromatic N) is 1. The van der Waals surface area contributed by atoms with Crippen LogP contribution in [0.1, 0.15) is 40.5 Å². The summed E-state index contributed by atoms with van der Waals surface area (Å²) in [7, 11) is 2.13. The van der Waals surface area contributed by atoms with Crippen molar-refractivity contribution in [3.63, 3.8) is 0 Å². The molecule has 1 aliphatic rings. The summed E-state index contributed by atoms with van der Waals surface area (Å²) in [5.74, 6) is 1.40. The summed E-state index contributed by atoms with van der Waals surface area (Å²) in [6.07, 6.45) is 2.29. The Morgan fingerprint density at radius 1 is 1.33 bits per heavy atom. The lowest BCUT2D eigenvalue weighted by Gasteiger charge is -2.37. The van der Waals surface area contributed by atoms with Gasteiger partial charge in [0.05, 0.1) is 0 Å². The quantitative estimate of drug-likeness (QED) is 0.699. The molecule has 0 aliphatic carbocycles. The fourth-order valence-corrected chi connectivity index (χ4v) is 2.54. The Morgan fingerprint density at radius 3 is 2.40 bits per heavy atom. The van der Waals surface area contributed by atoms with E-state index in [-0.39, 0.29) is 11.3 Å². The van der Waals surface area contributed by atoms with Crippen LogP contribution in [0.5, 0.6) is 0 Å². The molecular formula is C13H25NO. The summed E-state index contributed by atoms with van der Waals surface area (Å²) >= 11 is 0. The maximum atomic E-state index is 12.2. The largest absolute Gasteiger partial charge is 0.305 e. The van der Waals surface area contributed by atoms with Crippen molar-refractivity contribution in [3.8, 4) is 0 Å². The molecule has 2 unspecified atom stereocenters. The molecule has 1 fully saturated rings. The highest BCUT2D eigenvalue weighted by Crippen LogP contribution is 2.29. The van der Waals surface area contributed by atoms with Gasteiger partial charge in [-0.15, -0.1) is 0 Å². The summed E-state index contributed by atoms with van der Waals surface area (Å²) in [5.41, 5.74) is -0.179. The second kappa shape index (κ2) is 4.65. The molecule has 2 heteroatoms. The summed E-state index contributed by atoms with van der Waals surface area (Å²) in [5, 5.41) is 0. The van der Waals surface area contributed by atoms with Gasteiger partial charge >= 0.3 is 0 Å². The van der Waals surface area contributed by atoms with Gasteiger partial charge in [0.2, 0.25) is 0 Å². The van der Waals surface area contributed by atoms with Gasteiger partial charge in [0.1, 0.15) is 5.78 Å². The van der Waals surface area contributed by atoms with E-state index in [1.807, 2.05) is 20.8 Å². The number of ketones is 1. The van der Waals surface area contributed by atoms with Crippen LogP contribution in [0.3, 0.4) is 0 Å². The zero-order valence-corrected chi connectivity index (χ0v) is 10.8. The van der Waals surface area contributed by atoms with E-state index in [2.05, 4.69) is 18.9 Å². The zero-order valence-electron chi connectivity index (χ0n) is 10.8. The number of hydrogen-bond donors (Lipinski definition) is 0. The Balaban J connectivity index is 2.66. The number of piperidine rings is 1. The van der Waals surface area contributed by atoms with Crippen molar-refractivity contribution in [2.24, 2.45) is 17.3 Å². The molecule has 0 aromatic carbocycles. The van der Waals surface area contributed by atoms with E-state index in [9.17, 15) is 4.79 Å². The van der Waals surface area contributed by atoms with Gasteiger partial charge in [-0.25, -0.2) is 0 Å².